The molecule has 156 valence electrons. The third kappa shape index (κ3) is 4.99. The summed E-state index contributed by atoms with van der Waals surface area (Å²) >= 11 is 6.28. The standard InChI is InChI=1S/C19H23ClN4O4S/c1-23(2)18-5-3-13(11-16(18)20)22-19(25)15-12-14(29(21,26)27)4-6-17(15)24-7-9-28-10-8-24/h3-6,11-12H,7-10H2,1-2H3,(H,22,25)(H2,21,26,27). The number of ether oxygens (including phenoxy) is 1. The Balaban J connectivity index is 1.96. The molecule has 0 atom stereocenters. The van der Waals surface area contributed by atoms with E-state index in [2.05, 4.69) is 5.32 Å². The first-order valence-electron chi connectivity index (χ1n) is 8.94. The van der Waals surface area contributed by atoms with Crippen LogP contribution >= 0.6 is 11.6 Å². The van der Waals surface area contributed by atoms with Gasteiger partial charge in [-0.3, -0.25) is 4.79 Å². The van der Waals surface area contributed by atoms with Gasteiger partial charge in [0.25, 0.3) is 5.91 Å². The van der Waals surface area contributed by atoms with Gasteiger partial charge in [-0.15, -0.1) is 0 Å². The van der Waals surface area contributed by atoms with Crippen LogP contribution < -0.4 is 20.3 Å². The van der Waals surface area contributed by atoms with Crippen LogP contribution in [0.15, 0.2) is 41.3 Å². The van der Waals surface area contributed by atoms with Gasteiger partial charge in [-0.2, -0.15) is 0 Å². The van der Waals surface area contributed by atoms with Crippen molar-refractivity contribution < 1.29 is 17.9 Å². The number of hydrogen-bond donors (Lipinski definition) is 2. The number of anilines is 3. The number of benzene rings is 2. The van der Waals surface area contributed by atoms with Gasteiger partial charge in [-0.1, -0.05) is 11.6 Å². The fourth-order valence-corrected chi connectivity index (χ4v) is 3.99. The van der Waals surface area contributed by atoms with Gasteiger partial charge in [0.15, 0.2) is 0 Å². The predicted molar refractivity (Wildman–Crippen MR) is 115 cm³/mol. The van der Waals surface area contributed by atoms with Crippen molar-refractivity contribution in [2.45, 2.75) is 4.90 Å². The zero-order valence-electron chi connectivity index (χ0n) is 16.2. The number of morpholine rings is 1. The number of carbonyl (C=O) groups is 1. The van der Waals surface area contributed by atoms with E-state index in [-0.39, 0.29) is 10.5 Å². The summed E-state index contributed by atoms with van der Waals surface area (Å²) in [7, 11) is -0.215. The third-order valence-corrected chi connectivity index (χ3v) is 5.79. The Hall–Kier alpha value is -2.33. The second-order valence-electron chi connectivity index (χ2n) is 6.84. The third-order valence-electron chi connectivity index (χ3n) is 4.58. The molecule has 1 aliphatic rings. The van der Waals surface area contributed by atoms with E-state index < -0.39 is 15.9 Å². The quantitative estimate of drug-likeness (QED) is 0.741. The summed E-state index contributed by atoms with van der Waals surface area (Å²) in [6.07, 6.45) is 0. The van der Waals surface area contributed by atoms with E-state index in [1.807, 2.05) is 23.9 Å². The fraction of sp³-hybridized carbons (Fsp3) is 0.316. The first-order chi connectivity index (χ1) is 13.7. The highest BCUT2D eigenvalue weighted by Crippen LogP contribution is 2.29. The molecule has 2 aromatic rings. The van der Waals surface area contributed by atoms with Crippen molar-refractivity contribution in [3.63, 3.8) is 0 Å². The van der Waals surface area contributed by atoms with E-state index >= 15 is 0 Å². The molecular formula is C19H23ClN4O4S. The molecule has 3 N–H and O–H groups in total. The highest BCUT2D eigenvalue weighted by Gasteiger charge is 2.22. The van der Waals surface area contributed by atoms with Gasteiger partial charge in [-0.05, 0) is 36.4 Å². The van der Waals surface area contributed by atoms with Crippen LogP contribution in [-0.2, 0) is 14.8 Å². The topological polar surface area (TPSA) is 105 Å². The molecule has 0 saturated carbocycles. The van der Waals surface area contributed by atoms with Crippen molar-refractivity contribution in [2.24, 2.45) is 5.14 Å². The van der Waals surface area contributed by atoms with Crippen molar-refractivity contribution in [2.75, 3.05) is 55.5 Å². The molecule has 2 aromatic carbocycles. The van der Waals surface area contributed by atoms with Gasteiger partial charge in [0.05, 0.1) is 34.4 Å². The minimum Gasteiger partial charge on any atom is -0.378 e. The van der Waals surface area contributed by atoms with Crippen molar-refractivity contribution in [1.82, 2.24) is 0 Å². The lowest BCUT2D eigenvalue weighted by Crippen LogP contribution is -2.37. The number of carbonyl (C=O) groups excluding carboxylic acids is 1. The maximum Gasteiger partial charge on any atom is 0.257 e. The van der Waals surface area contributed by atoms with Crippen molar-refractivity contribution in [3.05, 3.63) is 47.0 Å². The molecule has 1 fully saturated rings. The highest BCUT2D eigenvalue weighted by molar-refractivity contribution is 7.89. The van der Waals surface area contributed by atoms with Crippen LogP contribution in [0.4, 0.5) is 17.1 Å². The SMILES string of the molecule is CN(C)c1ccc(NC(=O)c2cc(S(N)(=O)=O)ccc2N2CCOCC2)cc1Cl. The molecular weight excluding hydrogens is 416 g/mol. The van der Waals surface area contributed by atoms with Gasteiger partial charge in [0.1, 0.15) is 0 Å². The average molecular weight is 439 g/mol. The second-order valence-corrected chi connectivity index (χ2v) is 8.81. The number of nitrogens with one attached hydrogen (secondary N) is 1. The molecule has 3 rings (SSSR count). The summed E-state index contributed by atoms with van der Waals surface area (Å²) < 4.78 is 28.9. The van der Waals surface area contributed by atoms with Gasteiger partial charge in [-0.25, -0.2) is 13.6 Å². The summed E-state index contributed by atoms with van der Waals surface area (Å²) in [5, 5.41) is 8.53. The molecule has 1 aliphatic heterocycles. The van der Waals surface area contributed by atoms with E-state index in [0.29, 0.717) is 42.7 Å². The van der Waals surface area contributed by atoms with Crippen LogP contribution in [0.5, 0.6) is 0 Å². The molecule has 10 heteroatoms. The van der Waals surface area contributed by atoms with Gasteiger partial charge in [0.2, 0.25) is 10.0 Å². The fourth-order valence-electron chi connectivity index (χ4n) is 3.10. The van der Waals surface area contributed by atoms with Crippen molar-refractivity contribution in [1.29, 1.82) is 0 Å². The first-order valence-corrected chi connectivity index (χ1v) is 10.9. The van der Waals surface area contributed by atoms with E-state index in [9.17, 15) is 13.2 Å². The lowest BCUT2D eigenvalue weighted by atomic mass is 10.1. The number of sulfonamides is 1. The van der Waals surface area contributed by atoms with Crippen LogP contribution in [-0.4, -0.2) is 54.7 Å². The summed E-state index contributed by atoms with van der Waals surface area (Å²) in [6.45, 7) is 2.25. The summed E-state index contributed by atoms with van der Waals surface area (Å²) in [5.41, 5.74) is 2.15. The highest BCUT2D eigenvalue weighted by atomic mass is 35.5. The molecule has 0 bridgehead atoms. The zero-order valence-corrected chi connectivity index (χ0v) is 17.8. The maximum atomic E-state index is 13.0. The number of nitrogens with zero attached hydrogens (tertiary/aromatic N) is 2. The van der Waals surface area contributed by atoms with Crippen molar-refractivity contribution in [3.8, 4) is 0 Å². The number of rotatable bonds is 5. The van der Waals surface area contributed by atoms with Crippen molar-refractivity contribution >= 4 is 44.6 Å². The predicted octanol–water partition coefficient (Wildman–Crippen LogP) is 2.14. The smallest absolute Gasteiger partial charge is 0.257 e. The Morgan fingerprint density at radius 2 is 1.86 bits per heavy atom. The maximum absolute atomic E-state index is 13.0. The minimum atomic E-state index is -3.95. The number of hydrogen-bond acceptors (Lipinski definition) is 6. The van der Waals surface area contributed by atoms with Crippen LogP contribution in [0.25, 0.3) is 0 Å². The van der Waals surface area contributed by atoms with Crippen LogP contribution in [0.3, 0.4) is 0 Å². The normalized spacial score (nSPS) is 14.6. The van der Waals surface area contributed by atoms with E-state index in [0.717, 1.165) is 5.69 Å². The molecule has 0 aromatic heterocycles. The van der Waals surface area contributed by atoms with Gasteiger partial charge in [0, 0.05) is 38.6 Å². The molecule has 0 unspecified atom stereocenters. The van der Waals surface area contributed by atoms with Crippen LogP contribution in [0.1, 0.15) is 10.4 Å². The molecule has 1 amide bonds. The summed E-state index contributed by atoms with van der Waals surface area (Å²) in [4.78, 5) is 16.7. The Morgan fingerprint density at radius 3 is 2.45 bits per heavy atom. The molecule has 8 nitrogen and oxygen atoms in total. The van der Waals surface area contributed by atoms with E-state index in [4.69, 9.17) is 21.5 Å². The summed E-state index contributed by atoms with van der Waals surface area (Å²) in [6, 6.07) is 9.47. The Morgan fingerprint density at radius 1 is 1.17 bits per heavy atom. The van der Waals surface area contributed by atoms with E-state index in [1.54, 1.807) is 24.3 Å². The molecule has 1 saturated heterocycles. The molecule has 0 radical (unpaired) electrons. The lowest BCUT2D eigenvalue weighted by Gasteiger charge is -2.30. The first kappa shape index (κ1) is 21.4. The average Bonchev–Trinajstić information content (AvgIpc) is 2.67. The minimum absolute atomic E-state index is 0.124. The number of primary sulfonamides is 1. The largest absolute Gasteiger partial charge is 0.378 e. The zero-order chi connectivity index (χ0) is 21.2. The monoisotopic (exact) mass is 438 g/mol. The van der Waals surface area contributed by atoms with Gasteiger partial charge >= 0.3 is 0 Å². The molecule has 1 heterocycles. The molecule has 29 heavy (non-hydrogen) atoms. The molecule has 0 aliphatic carbocycles. The summed E-state index contributed by atoms with van der Waals surface area (Å²) in [5.74, 6) is -0.453. The Kier molecular flexibility index (Phi) is 6.33. The Bertz CT molecular complexity index is 1020. The Labute approximate surface area is 175 Å². The number of halogens is 1. The second kappa shape index (κ2) is 8.58. The van der Waals surface area contributed by atoms with Crippen LogP contribution in [0.2, 0.25) is 5.02 Å². The number of nitrogens with two attached hydrogens (primary N) is 1. The number of amides is 1. The van der Waals surface area contributed by atoms with Gasteiger partial charge < -0.3 is 19.9 Å². The lowest BCUT2D eigenvalue weighted by molar-refractivity contribution is 0.102. The van der Waals surface area contributed by atoms with E-state index in [1.165, 1.54) is 12.1 Å². The van der Waals surface area contributed by atoms with Crippen LogP contribution in [0, 0.1) is 0 Å². The molecule has 0 spiro atoms.